The average Bonchev–Trinajstić information content (AvgIpc) is 3.39. The number of tetrazole rings is 1. The number of piperidine rings is 1. The van der Waals surface area contributed by atoms with E-state index in [0.29, 0.717) is 23.9 Å². The zero-order chi connectivity index (χ0) is 26.8. The molecule has 0 spiro atoms. The molecule has 0 saturated carbocycles. The summed E-state index contributed by atoms with van der Waals surface area (Å²) in [5.41, 5.74) is 6.25. The highest BCUT2D eigenvalue weighted by atomic mass is 16.1. The van der Waals surface area contributed by atoms with Crippen LogP contribution in [0.3, 0.4) is 0 Å². The molecule has 3 aromatic carbocycles. The second-order valence-corrected chi connectivity index (χ2v) is 10.8. The number of likely N-dealkylation sites (tertiary alicyclic amines) is 1. The van der Waals surface area contributed by atoms with E-state index in [1.54, 1.807) is 0 Å². The van der Waals surface area contributed by atoms with Crippen molar-refractivity contribution in [3.8, 4) is 0 Å². The number of hydrogen-bond acceptors (Lipinski definition) is 5. The number of H-pyrrole nitrogens is 1. The lowest BCUT2D eigenvalue weighted by atomic mass is 9.88. The highest BCUT2D eigenvalue weighted by molar-refractivity contribution is 5.83. The van der Waals surface area contributed by atoms with Gasteiger partial charge in [0.1, 0.15) is 6.04 Å². The van der Waals surface area contributed by atoms with Crippen LogP contribution >= 0.6 is 0 Å². The Morgan fingerprint density at radius 3 is 2.33 bits per heavy atom. The van der Waals surface area contributed by atoms with Crippen molar-refractivity contribution in [2.45, 2.75) is 45.7 Å². The van der Waals surface area contributed by atoms with Gasteiger partial charge in [0.2, 0.25) is 0 Å². The molecule has 0 bridgehead atoms. The second-order valence-electron chi connectivity index (χ2n) is 10.8. The van der Waals surface area contributed by atoms with Crippen molar-refractivity contribution in [2.75, 3.05) is 13.1 Å². The summed E-state index contributed by atoms with van der Waals surface area (Å²) < 4.78 is 1.85. The van der Waals surface area contributed by atoms with Crippen LogP contribution in [0.25, 0.3) is 10.9 Å². The van der Waals surface area contributed by atoms with Crippen LogP contribution in [-0.4, -0.2) is 43.2 Å². The van der Waals surface area contributed by atoms with Gasteiger partial charge in [0.25, 0.3) is 5.56 Å². The Hall–Kier alpha value is -4.10. The van der Waals surface area contributed by atoms with Gasteiger partial charge in [0.15, 0.2) is 5.82 Å². The highest BCUT2D eigenvalue weighted by Crippen LogP contribution is 2.32. The summed E-state index contributed by atoms with van der Waals surface area (Å²) in [6, 6.07) is 26.8. The summed E-state index contributed by atoms with van der Waals surface area (Å²) in [4.78, 5) is 19.2. The predicted molar refractivity (Wildman–Crippen MR) is 154 cm³/mol. The summed E-state index contributed by atoms with van der Waals surface area (Å²) in [5, 5.41) is 14.0. The van der Waals surface area contributed by atoms with E-state index in [1.165, 1.54) is 5.56 Å². The number of aromatic amines is 1. The smallest absolute Gasteiger partial charge is 0.253 e. The SMILES string of the molecule is Cc1cc(C)c2cc([C@@H](c3nnnn3Cc3ccccc3)N3CCC(Cc4ccccc4)CC3)c(=O)[nH]c2c1. The fourth-order valence-corrected chi connectivity index (χ4v) is 6.03. The Morgan fingerprint density at radius 1 is 0.923 bits per heavy atom. The lowest BCUT2D eigenvalue weighted by molar-refractivity contribution is 0.143. The third-order valence-electron chi connectivity index (χ3n) is 8.00. The van der Waals surface area contributed by atoms with E-state index in [0.717, 1.165) is 59.9 Å². The van der Waals surface area contributed by atoms with Crippen LogP contribution in [0, 0.1) is 19.8 Å². The summed E-state index contributed by atoms with van der Waals surface area (Å²) in [5.74, 6) is 1.32. The number of nitrogens with zero attached hydrogens (tertiary/aromatic N) is 5. The van der Waals surface area contributed by atoms with Crippen molar-refractivity contribution >= 4 is 10.9 Å². The first-order chi connectivity index (χ1) is 19.0. The Balaban J connectivity index is 1.37. The molecule has 0 amide bonds. The fraction of sp³-hybridized carbons (Fsp3) is 0.312. The number of hydrogen-bond donors (Lipinski definition) is 1. The zero-order valence-corrected chi connectivity index (χ0v) is 22.5. The minimum absolute atomic E-state index is 0.0850. The van der Waals surface area contributed by atoms with E-state index in [9.17, 15) is 4.79 Å². The number of fused-ring (bicyclic) bond motifs is 1. The van der Waals surface area contributed by atoms with E-state index in [-0.39, 0.29) is 11.6 Å². The Labute approximate surface area is 228 Å². The number of rotatable bonds is 7. The van der Waals surface area contributed by atoms with Crippen molar-refractivity contribution in [2.24, 2.45) is 5.92 Å². The molecule has 6 rings (SSSR count). The summed E-state index contributed by atoms with van der Waals surface area (Å²) in [6.45, 7) is 6.46. The van der Waals surface area contributed by atoms with Gasteiger partial charge >= 0.3 is 0 Å². The van der Waals surface area contributed by atoms with Crippen molar-refractivity contribution in [3.63, 3.8) is 0 Å². The molecule has 1 saturated heterocycles. The van der Waals surface area contributed by atoms with Crippen LogP contribution in [-0.2, 0) is 13.0 Å². The fourth-order valence-electron chi connectivity index (χ4n) is 6.03. The van der Waals surface area contributed by atoms with Crippen LogP contribution in [0.5, 0.6) is 0 Å². The van der Waals surface area contributed by atoms with Gasteiger partial charge in [0, 0.05) is 16.5 Å². The largest absolute Gasteiger partial charge is 0.322 e. The van der Waals surface area contributed by atoms with Crippen molar-refractivity contribution in [3.05, 3.63) is 123 Å². The predicted octanol–water partition coefficient (Wildman–Crippen LogP) is 5.22. The molecule has 1 fully saturated rings. The molecular formula is C32H34N6O. The van der Waals surface area contributed by atoms with Crippen molar-refractivity contribution in [1.82, 2.24) is 30.1 Å². The first-order valence-corrected chi connectivity index (χ1v) is 13.8. The van der Waals surface area contributed by atoms with Crippen molar-refractivity contribution in [1.29, 1.82) is 0 Å². The highest BCUT2D eigenvalue weighted by Gasteiger charge is 2.33. The lowest BCUT2D eigenvalue weighted by Gasteiger charge is -2.37. The molecule has 1 atom stereocenters. The van der Waals surface area contributed by atoms with Gasteiger partial charge in [0.05, 0.1) is 6.54 Å². The Kier molecular flexibility index (Phi) is 7.07. The maximum atomic E-state index is 13.7. The summed E-state index contributed by atoms with van der Waals surface area (Å²) in [6.07, 6.45) is 3.21. The molecule has 7 heteroatoms. The molecule has 2 aromatic heterocycles. The zero-order valence-electron chi connectivity index (χ0n) is 22.5. The number of benzene rings is 3. The lowest BCUT2D eigenvalue weighted by Crippen LogP contribution is -2.41. The summed E-state index contributed by atoms with van der Waals surface area (Å²) in [7, 11) is 0. The molecular weight excluding hydrogens is 484 g/mol. The van der Waals surface area contributed by atoms with Gasteiger partial charge in [-0.1, -0.05) is 66.7 Å². The van der Waals surface area contributed by atoms with Gasteiger partial charge in [-0.25, -0.2) is 4.68 Å². The quantitative estimate of drug-likeness (QED) is 0.319. The molecule has 1 aliphatic rings. The van der Waals surface area contributed by atoms with Gasteiger partial charge in [-0.2, -0.15) is 0 Å². The Morgan fingerprint density at radius 2 is 1.62 bits per heavy atom. The van der Waals surface area contributed by atoms with Gasteiger partial charge in [-0.15, -0.1) is 5.10 Å². The van der Waals surface area contributed by atoms with Crippen LogP contribution in [0.15, 0.2) is 83.7 Å². The molecule has 39 heavy (non-hydrogen) atoms. The maximum absolute atomic E-state index is 13.7. The van der Waals surface area contributed by atoms with Gasteiger partial charge < -0.3 is 4.98 Å². The maximum Gasteiger partial charge on any atom is 0.253 e. The van der Waals surface area contributed by atoms with E-state index < -0.39 is 0 Å². The summed E-state index contributed by atoms with van der Waals surface area (Å²) >= 11 is 0. The van der Waals surface area contributed by atoms with Crippen molar-refractivity contribution < 1.29 is 0 Å². The van der Waals surface area contributed by atoms with E-state index in [1.807, 2.05) is 28.9 Å². The molecule has 0 aliphatic carbocycles. The first kappa shape index (κ1) is 25.2. The van der Waals surface area contributed by atoms with Crippen LogP contribution in [0.1, 0.15) is 52.5 Å². The standard InChI is InChI=1S/C32H34N6O/c1-22-17-23(2)27-20-28(32(39)33-29(27)18-22)30(31-34-35-36-38(31)21-26-11-7-4-8-12-26)37-15-13-25(14-16-37)19-24-9-5-3-6-10-24/h3-12,17-18,20,25,30H,13-16,19,21H2,1-2H3,(H,33,39)/t30-/m0/s1. The molecule has 7 nitrogen and oxygen atoms in total. The monoisotopic (exact) mass is 518 g/mol. The minimum atomic E-state index is -0.338. The molecule has 0 unspecified atom stereocenters. The topological polar surface area (TPSA) is 79.7 Å². The number of aryl methyl sites for hydroxylation is 2. The number of aromatic nitrogens is 5. The van der Waals surface area contributed by atoms with Gasteiger partial charge in [-0.05, 0) is 96.9 Å². The molecule has 1 aliphatic heterocycles. The molecule has 1 N–H and O–H groups in total. The van der Waals surface area contributed by atoms with E-state index >= 15 is 0 Å². The average molecular weight is 519 g/mol. The van der Waals surface area contributed by atoms with Crippen LogP contribution in [0.2, 0.25) is 0 Å². The normalized spacial score (nSPS) is 15.5. The number of pyridine rings is 1. The first-order valence-electron chi connectivity index (χ1n) is 13.8. The third kappa shape index (κ3) is 5.40. The molecule has 3 heterocycles. The molecule has 5 aromatic rings. The van der Waals surface area contributed by atoms with Crippen LogP contribution < -0.4 is 5.56 Å². The molecule has 198 valence electrons. The number of nitrogens with one attached hydrogen (secondary N) is 1. The molecule has 0 radical (unpaired) electrons. The Bertz CT molecular complexity index is 1620. The van der Waals surface area contributed by atoms with E-state index in [2.05, 4.69) is 93.9 Å². The third-order valence-corrected chi connectivity index (χ3v) is 8.00. The van der Waals surface area contributed by atoms with Gasteiger partial charge in [-0.3, -0.25) is 9.69 Å². The van der Waals surface area contributed by atoms with E-state index in [4.69, 9.17) is 0 Å². The van der Waals surface area contributed by atoms with Crippen LogP contribution in [0.4, 0.5) is 0 Å². The minimum Gasteiger partial charge on any atom is -0.322 e. The second kappa shape index (κ2) is 10.9.